The van der Waals surface area contributed by atoms with Crippen LogP contribution < -0.4 is 5.32 Å². The molecular formula is C25H34ClN3O5S. The largest absolute Gasteiger partial charge is 0.382 e. The highest BCUT2D eigenvalue weighted by Crippen LogP contribution is 2.16. The van der Waals surface area contributed by atoms with Crippen molar-refractivity contribution in [2.75, 3.05) is 32.6 Å². The second-order valence-corrected chi connectivity index (χ2v) is 10.6. The highest BCUT2D eigenvalue weighted by molar-refractivity contribution is 7.88. The lowest BCUT2D eigenvalue weighted by Crippen LogP contribution is -2.51. The Kier molecular flexibility index (Phi) is 11.7. The topological polar surface area (TPSA) is 96.0 Å². The fourth-order valence-electron chi connectivity index (χ4n) is 3.37. The molecule has 0 saturated carbocycles. The molecule has 10 heteroatoms. The van der Waals surface area contributed by atoms with E-state index in [2.05, 4.69) is 5.32 Å². The molecule has 2 aromatic rings. The van der Waals surface area contributed by atoms with Crippen LogP contribution in [0.25, 0.3) is 0 Å². The van der Waals surface area contributed by atoms with E-state index in [-0.39, 0.29) is 25.5 Å². The number of carbonyl (C=O) groups excluding carboxylic acids is 2. The van der Waals surface area contributed by atoms with Crippen molar-refractivity contribution in [3.8, 4) is 0 Å². The molecule has 35 heavy (non-hydrogen) atoms. The van der Waals surface area contributed by atoms with Gasteiger partial charge in [-0.05, 0) is 43.5 Å². The lowest BCUT2D eigenvalue weighted by Gasteiger charge is -2.31. The van der Waals surface area contributed by atoms with Gasteiger partial charge >= 0.3 is 0 Å². The average molecular weight is 524 g/mol. The number of nitrogens with zero attached hydrogens (tertiary/aromatic N) is 2. The number of hydrogen-bond acceptors (Lipinski definition) is 5. The quantitative estimate of drug-likeness (QED) is 0.384. The number of rotatable bonds is 14. The highest BCUT2D eigenvalue weighted by Gasteiger charge is 2.29. The molecule has 0 aliphatic heterocycles. The molecule has 0 fully saturated rings. The van der Waals surface area contributed by atoms with Crippen molar-refractivity contribution in [1.29, 1.82) is 0 Å². The fraction of sp³-hybridized carbons (Fsp3) is 0.440. The first kappa shape index (κ1) is 28.8. The van der Waals surface area contributed by atoms with Crippen LogP contribution in [-0.4, -0.2) is 68.0 Å². The van der Waals surface area contributed by atoms with E-state index in [1.165, 1.54) is 4.90 Å². The third kappa shape index (κ3) is 9.97. The molecule has 0 aliphatic carbocycles. The molecule has 0 saturated heterocycles. The Morgan fingerprint density at radius 3 is 2.26 bits per heavy atom. The van der Waals surface area contributed by atoms with Gasteiger partial charge in [0.15, 0.2) is 0 Å². The molecular weight excluding hydrogens is 490 g/mol. The molecule has 0 spiro atoms. The van der Waals surface area contributed by atoms with Gasteiger partial charge in [-0.1, -0.05) is 54.1 Å². The summed E-state index contributed by atoms with van der Waals surface area (Å²) < 4.78 is 31.3. The minimum absolute atomic E-state index is 0.0538. The first-order valence-corrected chi connectivity index (χ1v) is 13.7. The Labute approximate surface area is 213 Å². The fourth-order valence-corrected chi connectivity index (χ4v) is 4.22. The predicted octanol–water partition coefficient (Wildman–Crippen LogP) is 3.06. The highest BCUT2D eigenvalue weighted by atomic mass is 35.5. The molecule has 0 aromatic heterocycles. The summed E-state index contributed by atoms with van der Waals surface area (Å²) in [6.07, 6.45) is 1.72. The molecule has 2 aromatic carbocycles. The van der Waals surface area contributed by atoms with Gasteiger partial charge < -0.3 is 15.0 Å². The average Bonchev–Trinajstić information content (AvgIpc) is 2.82. The molecule has 1 atom stereocenters. The molecule has 2 amide bonds. The van der Waals surface area contributed by atoms with E-state index in [1.807, 2.05) is 25.1 Å². The molecule has 0 radical (unpaired) electrons. The van der Waals surface area contributed by atoms with Gasteiger partial charge in [0, 0.05) is 37.9 Å². The minimum atomic E-state index is -3.69. The molecule has 8 nitrogen and oxygen atoms in total. The number of nitrogens with one attached hydrogen (secondary N) is 1. The van der Waals surface area contributed by atoms with Crippen LogP contribution in [0.5, 0.6) is 0 Å². The van der Waals surface area contributed by atoms with Crippen molar-refractivity contribution in [1.82, 2.24) is 14.5 Å². The number of benzene rings is 2. The number of halogens is 1. The predicted molar refractivity (Wildman–Crippen MR) is 137 cm³/mol. The van der Waals surface area contributed by atoms with Gasteiger partial charge in [-0.15, -0.1) is 0 Å². The molecule has 0 aliphatic rings. The van der Waals surface area contributed by atoms with Gasteiger partial charge in [0.05, 0.1) is 12.8 Å². The number of amides is 2. The lowest BCUT2D eigenvalue weighted by molar-refractivity contribution is -0.140. The van der Waals surface area contributed by atoms with Crippen LogP contribution in [0, 0.1) is 0 Å². The van der Waals surface area contributed by atoms with Crippen molar-refractivity contribution < 1.29 is 22.7 Å². The van der Waals surface area contributed by atoms with Gasteiger partial charge in [0.2, 0.25) is 21.8 Å². The normalized spacial score (nSPS) is 12.4. The lowest BCUT2D eigenvalue weighted by atomic mass is 10.1. The van der Waals surface area contributed by atoms with Crippen molar-refractivity contribution in [2.24, 2.45) is 0 Å². The third-order valence-corrected chi connectivity index (χ3v) is 6.83. The summed E-state index contributed by atoms with van der Waals surface area (Å²) in [6.45, 7) is 4.88. The van der Waals surface area contributed by atoms with Crippen molar-refractivity contribution >= 4 is 33.4 Å². The van der Waals surface area contributed by atoms with E-state index in [0.29, 0.717) is 31.2 Å². The van der Waals surface area contributed by atoms with Gasteiger partial charge in [-0.2, -0.15) is 4.31 Å². The van der Waals surface area contributed by atoms with Crippen LogP contribution in [0.2, 0.25) is 5.02 Å². The summed E-state index contributed by atoms with van der Waals surface area (Å²) in [5.74, 6) is -0.795. The maximum absolute atomic E-state index is 13.4. The SMILES string of the molecule is CCOCCCNC(=O)C(C)N(Cc1ccc(Cl)cc1)C(=O)CN(Cc1ccccc1)S(C)(=O)=O. The first-order valence-electron chi connectivity index (χ1n) is 11.5. The number of carbonyl (C=O) groups is 2. The number of ether oxygens (including phenoxy) is 1. The zero-order valence-electron chi connectivity index (χ0n) is 20.4. The maximum Gasteiger partial charge on any atom is 0.242 e. The summed E-state index contributed by atoms with van der Waals surface area (Å²) >= 11 is 5.98. The summed E-state index contributed by atoms with van der Waals surface area (Å²) in [5, 5.41) is 3.38. The molecule has 1 unspecified atom stereocenters. The van der Waals surface area contributed by atoms with E-state index in [0.717, 1.165) is 21.7 Å². The summed E-state index contributed by atoms with van der Waals surface area (Å²) in [5.41, 5.74) is 1.53. The van der Waals surface area contributed by atoms with Crippen LogP contribution in [0.4, 0.5) is 0 Å². The standard InChI is InChI=1S/C25H34ClN3O5S/c1-4-34-16-8-15-27-25(31)20(2)29(18-22-11-13-23(26)14-12-22)24(30)19-28(35(3,32)33)17-21-9-6-5-7-10-21/h5-7,9-14,20H,4,8,15-19H2,1-3H3,(H,27,31). The maximum atomic E-state index is 13.4. The van der Waals surface area contributed by atoms with Crippen LogP contribution in [-0.2, 0) is 37.4 Å². The summed E-state index contributed by atoms with van der Waals surface area (Å²) in [7, 11) is -3.69. The smallest absolute Gasteiger partial charge is 0.242 e. The van der Waals surface area contributed by atoms with E-state index < -0.39 is 22.0 Å². The first-order chi connectivity index (χ1) is 16.6. The van der Waals surface area contributed by atoms with Gasteiger partial charge in [-0.25, -0.2) is 8.42 Å². The van der Waals surface area contributed by atoms with E-state index in [1.54, 1.807) is 43.3 Å². The van der Waals surface area contributed by atoms with E-state index >= 15 is 0 Å². The zero-order valence-corrected chi connectivity index (χ0v) is 22.0. The van der Waals surface area contributed by atoms with Crippen molar-refractivity contribution in [3.05, 3.63) is 70.7 Å². The second kappa shape index (κ2) is 14.2. The van der Waals surface area contributed by atoms with Gasteiger partial charge in [0.1, 0.15) is 6.04 Å². The molecule has 192 valence electrons. The molecule has 1 N–H and O–H groups in total. The zero-order chi connectivity index (χ0) is 25.8. The molecule has 2 rings (SSSR count). The third-order valence-electron chi connectivity index (χ3n) is 5.38. The van der Waals surface area contributed by atoms with Crippen LogP contribution >= 0.6 is 11.6 Å². The van der Waals surface area contributed by atoms with Crippen molar-refractivity contribution in [3.63, 3.8) is 0 Å². The molecule has 0 bridgehead atoms. The van der Waals surface area contributed by atoms with E-state index in [4.69, 9.17) is 16.3 Å². The van der Waals surface area contributed by atoms with E-state index in [9.17, 15) is 18.0 Å². The Morgan fingerprint density at radius 2 is 1.66 bits per heavy atom. The Hall–Kier alpha value is -2.46. The van der Waals surface area contributed by atoms with Crippen LogP contribution in [0.3, 0.4) is 0 Å². The number of sulfonamides is 1. The Morgan fingerprint density at radius 1 is 1.03 bits per heavy atom. The number of hydrogen-bond donors (Lipinski definition) is 1. The minimum Gasteiger partial charge on any atom is -0.382 e. The molecule has 0 heterocycles. The summed E-state index contributed by atoms with van der Waals surface area (Å²) in [4.78, 5) is 27.7. The van der Waals surface area contributed by atoms with Crippen LogP contribution in [0.1, 0.15) is 31.4 Å². The monoisotopic (exact) mass is 523 g/mol. The van der Waals surface area contributed by atoms with Crippen molar-refractivity contribution in [2.45, 2.75) is 39.4 Å². The van der Waals surface area contributed by atoms with Gasteiger partial charge in [-0.3, -0.25) is 9.59 Å². The Balaban J connectivity index is 2.20. The Bertz CT molecular complexity index is 1050. The van der Waals surface area contributed by atoms with Crippen LogP contribution in [0.15, 0.2) is 54.6 Å². The summed E-state index contributed by atoms with van der Waals surface area (Å²) in [6, 6.07) is 15.2. The van der Waals surface area contributed by atoms with Gasteiger partial charge in [0.25, 0.3) is 0 Å². The second-order valence-electron chi connectivity index (χ2n) is 8.18.